The number of methoxy groups -OCH3 is 1. The molecular weight excluding hydrogens is 490 g/mol. The Kier molecular flexibility index (Phi) is 9.92. The molecule has 3 aromatic rings. The third kappa shape index (κ3) is 8.32. The minimum absolute atomic E-state index is 0.00630. The van der Waals surface area contributed by atoms with Crippen molar-refractivity contribution in [3.63, 3.8) is 0 Å². The molecular formula is C32H35N3O4. The minimum Gasteiger partial charge on any atom is -0.496 e. The first kappa shape index (κ1) is 27.7. The summed E-state index contributed by atoms with van der Waals surface area (Å²) in [7, 11) is 1.64. The molecule has 0 aromatic heterocycles. The highest BCUT2D eigenvalue weighted by molar-refractivity contribution is 6.02. The van der Waals surface area contributed by atoms with Crippen LogP contribution in [-0.4, -0.2) is 31.4 Å². The molecule has 0 bridgehead atoms. The van der Waals surface area contributed by atoms with E-state index in [4.69, 9.17) is 9.47 Å². The monoisotopic (exact) mass is 525 g/mol. The van der Waals surface area contributed by atoms with Gasteiger partial charge in [-0.05, 0) is 54.0 Å². The average molecular weight is 526 g/mol. The maximum absolute atomic E-state index is 12.9. The van der Waals surface area contributed by atoms with Crippen LogP contribution in [0.2, 0.25) is 0 Å². The number of hydrogen-bond donors (Lipinski definition) is 3. The lowest BCUT2D eigenvalue weighted by Gasteiger charge is -2.18. The average Bonchev–Trinajstić information content (AvgIpc) is 2.96. The second-order valence-corrected chi connectivity index (χ2v) is 9.35. The highest BCUT2D eigenvalue weighted by atomic mass is 16.5. The molecule has 1 aliphatic carbocycles. The van der Waals surface area contributed by atoms with Crippen LogP contribution in [0.1, 0.15) is 40.4 Å². The summed E-state index contributed by atoms with van der Waals surface area (Å²) >= 11 is 0. The molecule has 0 saturated carbocycles. The number of hydrogen-bond acceptors (Lipinski definition) is 6. The molecule has 0 fully saturated rings. The zero-order valence-electron chi connectivity index (χ0n) is 22.4. The number of ketones is 1. The Labute approximate surface area is 229 Å². The van der Waals surface area contributed by atoms with Crippen molar-refractivity contribution in [2.75, 3.05) is 19.0 Å². The summed E-state index contributed by atoms with van der Waals surface area (Å²) in [5.74, 6) is 1.49. The lowest BCUT2D eigenvalue weighted by Crippen LogP contribution is -2.31. The van der Waals surface area contributed by atoms with Crippen LogP contribution in [0.5, 0.6) is 5.75 Å². The van der Waals surface area contributed by atoms with E-state index in [-0.39, 0.29) is 24.3 Å². The van der Waals surface area contributed by atoms with Crippen LogP contribution >= 0.6 is 0 Å². The predicted molar refractivity (Wildman–Crippen MR) is 153 cm³/mol. The smallest absolute Gasteiger partial charge is 0.217 e. The van der Waals surface area contributed by atoms with Crippen molar-refractivity contribution < 1.29 is 19.1 Å². The number of benzene rings is 3. The van der Waals surface area contributed by atoms with Gasteiger partial charge in [0.25, 0.3) is 0 Å². The number of para-hydroxylation sites is 1. The van der Waals surface area contributed by atoms with Crippen molar-refractivity contribution in [1.82, 2.24) is 10.6 Å². The van der Waals surface area contributed by atoms with Gasteiger partial charge in [0.15, 0.2) is 5.78 Å². The molecule has 0 saturated heterocycles. The Morgan fingerprint density at radius 3 is 2.49 bits per heavy atom. The lowest BCUT2D eigenvalue weighted by atomic mass is 10.1. The third-order valence-corrected chi connectivity index (χ3v) is 6.36. The molecule has 7 heteroatoms. The maximum Gasteiger partial charge on any atom is 0.217 e. The first-order valence-corrected chi connectivity index (χ1v) is 13.1. The number of Topliss-reactive ketones (excluding diaryl/α,β-unsaturated/α-hetero) is 1. The fourth-order valence-electron chi connectivity index (χ4n) is 4.38. The summed E-state index contributed by atoms with van der Waals surface area (Å²) in [4.78, 5) is 24.2. The summed E-state index contributed by atoms with van der Waals surface area (Å²) in [5.41, 5.74) is 4.55. The molecule has 7 nitrogen and oxygen atoms in total. The summed E-state index contributed by atoms with van der Waals surface area (Å²) in [6.45, 7) is 3.30. The van der Waals surface area contributed by atoms with Crippen molar-refractivity contribution >= 4 is 17.4 Å². The van der Waals surface area contributed by atoms with E-state index in [0.717, 1.165) is 33.9 Å². The van der Waals surface area contributed by atoms with Crippen LogP contribution in [0.4, 0.5) is 5.69 Å². The molecule has 1 unspecified atom stereocenters. The molecule has 3 N–H and O–H groups in total. The van der Waals surface area contributed by atoms with E-state index < -0.39 is 0 Å². The summed E-state index contributed by atoms with van der Waals surface area (Å²) in [6.07, 6.45) is 6.47. The largest absolute Gasteiger partial charge is 0.496 e. The number of amides is 1. The Bertz CT molecular complexity index is 1330. The van der Waals surface area contributed by atoms with Crippen LogP contribution in [0.15, 0.2) is 96.8 Å². The summed E-state index contributed by atoms with van der Waals surface area (Å²) in [6, 6.07) is 23.6. The van der Waals surface area contributed by atoms with Gasteiger partial charge in [-0.1, -0.05) is 54.6 Å². The van der Waals surface area contributed by atoms with Gasteiger partial charge in [0.2, 0.25) is 5.91 Å². The molecule has 202 valence electrons. The van der Waals surface area contributed by atoms with Gasteiger partial charge in [-0.15, -0.1) is 0 Å². The highest BCUT2D eigenvalue weighted by Gasteiger charge is 2.13. The van der Waals surface area contributed by atoms with E-state index in [9.17, 15) is 9.59 Å². The van der Waals surface area contributed by atoms with Crippen molar-refractivity contribution in [3.05, 3.63) is 119 Å². The van der Waals surface area contributed by atoms with E-state index in [1.807, 2.05) is 91.0 Å². The van der Waals surface area contributed by atoms with Gasteiger partial charge in [0.1, 0.15) is 18.1 Å². The van der Waals surface area contributed by atoms with Gasteiger partial charge in [-0.2, -0.15) is 0 Å². The first-order chi connectivity index (χ1) is 19.0. The first-order valence-electron chi connectivity index (χ1n) is 13.1. The summed E-state index contributed by atoms with van der Waals surface area (Å²) in [5, 5.41) is 9.54. The molecule has 0 spiro atoms. The minimum atomic E-state index is -0.0516. The van der Waals surface area contributed by atoms with Gasteiger partial charge >= 0.3 is 0 Å². The number of rotatable bonds is 13. The zero-order valence-corrected chi connectivity index (χ0v) is 22.4. The molecule has 0 aliphatic heterocycles. The Balaban J connectivity index is 1.34. The van der Waals surface area contributed by atoms with Crippen molar-refractivity contribution in [1.29, 1.82) is 0 Å². The van der Waals surface area contributed by atoms with Gasteiger partial charge in [0, 0.05) is 36.8 Å². The van der Waals surface area contributed by atoms with Crippen LogP contribution in [0, 0.1) is 0 Å². The maximum atomic E-state index is 12.9. The number of allylic oxidation sites excluding steroid dienone is 1. The molecule has 0 heterocycles. The quantitative estimate of drug-likeness (QED) is 0.268. The Hall–Kier alpha value is -4.36. The van der Waals surface area contributed by atoms with E-state index in [1.165, 1.54) is 6.92 Å². The number of carbonyl (C=O) groups excluding carboxylic acids is 2. The fourth-order valence-corrected chi connectivity index (χ4v) is 4.38. The topological polar surface area (TPSA) is 88.7 Å². The second kappa shape index (κ2) is 14.0. The number of anilines is 1. The molecule has 0 radical (unpaired) electrons. The van der Waals surface area contributed by atoms with E-state index in [2.05, 4.69) is 16.0 Å². The van der Waals surface area contributed by atoms with Crippen LogP contribution in [0.25, 0.3) is 0 Å². The number of nitrogens with one attached hydrogen (secondary N) is 3. The number of carbonyl (C=O) groups is 2. The third-order valence-electron chi connectivity index (χ3n) is 6.36. The highest BCUT2D eigenvalue weighted by Crippen LogP contribution is 2.24. The normalized spacial score (nSPS) is 14.3. The van der Waals surface area contributed by atoms with Crippen molar-refractivity contribution in [2.24, 2.45) is 0 Å². The number of ether oxygens (including phenoxy) is 2. The SMILES string of the molecule is COc1ccc(CNc2ccccc2C(=O)CNCc2ccccc2)cc1COC1=CCC(NC(C)=O)C=C1. The van der Waals surface area contributed by atoms with E-state index in [1.54, 1.807) is 7.11 Å². The van der Waals surface area contributed by atoms with Crippen LogP contribution < -0.4 is 20.7 Å². The molecule has 1 amide bonds. The molecule has 1 atom stereocenters. The van der Waals surface area contributed by atoms with Gasteiger partial charge in [0.05, 0.1) is 19.7 Å². The van der Waals surface area contributed by atoms with Crippen LogP contribution in [-0.2, 0) is 29.2 Å². The van der Waals surface area contributed by atoms with Crippen molar-refractivity contribution in [3.8, 4) is 5.75 Å². The van der Waals surface area contributed by atoms with Crippen LogP contribution in [0.3, 0.4) is 0 Å². The standard InChI is InChI=1S/C32H35N3O4/c1-23(36)35-27-13-15-28(16-14-27)39-22-26-18-25(12-17-32(26)38-2)20-34-30-11-7-6-10-29(30)31(37)21-33-19-24-8-4-3-5-9-24/h3-13,15-18,27,33-34H,14,19-22H2,1-2H3,(H,35,36). The lowest BCUT2D eigenvalue weighted by molar-refractivity contribution is -0.119. The Morgan fingerprint density at radius 1 is 0.949 bits per heavy atom. The van der Waals surface area contributed by atoms with Gasteiger partial charge in [-0.25, -0.2) is 0 Å². The molecule has 4 rings (SSSR count). The second-order valence-electron chi connectivity index (χ2n) is 9.35. The fraction of sp³-hybridized carbons (Fsp3) is 0.250. The molecule has 1 aliphatic rings. The van der Waals surface area contributed by atoms with Gasteiger partial charge < -0.3 is 25.4 Å². The molecule has 3 aromatic carbocycles. The van der Waals surface area contributed by atoms with Gasteiger partial charge in [-0.3, -0.25) is 9.59 Å². The summed E-state index contributed by atoms with van der Waals surface area (Å²) < 4.78 is 11.6. The molecule has 39 heavy (non-hydrogen) atoms. The van der Waals surface area contributed by atoms with E-state index >= 15 is 0 Å². The predicted octanol–water partition coefficient (Wildman–Crippen LogP) is 5.14. The zero-order chi connectivity index (χ0) is 27.5. The Morgan fingerprint density at radius 2 is 1.74 bits per heavy atom. The van der Waals surface area contributed by atoms with E-state index in [0.29, 0.717) is 31.7 Å². The van der Waals surface area contributed by atoms with Crippen molar-refractivity contribution in [2.45, 2.75) is 39.1 Å².